The van der Waals surface area contributed by atoms with Crippen molar-refractivity contribution >= 4 is 28.6 Å². The zero-order valence-electron chi connectivity index (χ0n) is 21.9. The summed E-state index contributed by atoms with van der Waals surface area (Å²) in [6.07, 6.45) is 3.02. The summed E-state index contributed by atoms with van der Waals surface area (Å²) >= 11 is 0. The minimum Gasteiger partial charge on any atom is -0.455 e. The lowest BCUT2D eigenvalue weighted by Crippen LogP contribution is -2.24. The second kappa shape index (κ2) is 11.5. The normalized spacial score (nSPS) is 12.0. The van der Waals surface area contributed by atoms with E-state index in [1.165, 1.54) is 48.9 Å². The van der Waals surface area contributed by atoms with E-state index < -0.39 is 29.6 Å². The zero-order valence-corrected chi connectivity index (χ0v) is 21.9. The minimum atomic E-state index is -2.47. The number of nitrogens with one attached hydrogen (secondary N) is 3. The molecule has 5 aromatic rings. The zero-order chi connectivity index (χ0) is 29.1. The lowest BCUT2D eigenvalue weighted by atomic mass is 10.0. The molecule has 0 saturated heterocycles. The molecule has 3 N–H and O–H groups in total. The van der Waals surface area contributed by atoms with Gasteiger partial charge in [-0.1, -0.05) is 12.1 Å². The fourth-order valence-corrected chi connectivity index (χ4v) is 4.20. The van der Waals surface area contributed by atoms with Crippen LogP contribution in [0.3, 0.4) is 0 Å². The maximum Gasteiger partial charge on any atom is 0.262 e. The van der Waals surface area contributed by atoms with E-state index in [9.17, 15) is 22.8 Å². The average Bonchev–Trinajstić information content (AvgIpc) is 3.34. The van der Waals surface area contributed by atoms with Gasteiger partial charge in [0.2, 0.25) is 11.9 Å². The van der Waals surface area contributed by atoms with Crippen molar-refractivity contribution in [3.8, 4) is 22.6 Å². The number of pyridine rings is 3. The fraction of sp³-hybridized carbons (Fsp3) is 0.179. The molecule has 0 fully saturated rings. The molecule has 0 radical (unpaired) electrons. The Morgan fingerprint density at radius 2 is 1.88 bits per heavy atom. The molecule has 0 bridgehead atoms. The average molecular weight is 564 g/mol. The van der Waals surface area contributed by atoms with Crippen LogP contribution in [0.1, 0.15) is 23.7 Å². The first kappa shape index (κ1) is 27.4. The Balaban J connectivity index is 1.33. The number of nitrogens with zero attached hydrogens (tertiary/aromatic N) is 4. The quantitative estimate of drug-likeness (QED) is 0.220. The van der Waals surface area contributed by atoms with E-state index >= 15 is 0 Å². The van der Waals surface area contributed by atoms with Gasteiger partial charge in [-0.3, -0.25) is 14.7 Å². The van der Waals surface area contributed by atoms with Crippen LogP contribution >= 0.6 is 0 Å². The number of aromatic nitrogens is 5. The SMILES string of the molecule is CC(CC(F)F)Nc1n[nH]c2nccc(Oc3ccc(NC(=O)c4cn(C)cc(-c5ccc(F)cc5)c4=O)nc3)c12. The largest absolute Gasteiger partial charge is 0.455 e. The highest BCUT2D eigenvalue weighted by atomic mass is 19.3. The number of anilines is 2. The summed E-state index contributed by atoms with van der Waals surface area (Å²) in [5.41, 5.74) is 0.497. The third-order valence-corrected chi connectivity index (χ3v) is 6.10. The van der Waals surface area contributed by atoms with Crippen molar-refractivity contribution < 1.29 is 22.7 Å². The summed E-state index contributed by atoms with van der Waals surface area (Å²) in [6.45, 7) is 1.62. The number of ether oxygens (including phenoxy) is 1. The molecule has 4 aromatic heterocycles. The number of carbonyl (C=O) groups is 1. The van der Waals surface area contributed by atoms with Crippen molar-refractivity contribution in [1.82, 2.24) is 24.7 Å². The van der Waals surface area contributed by atoms with E-state index in [4.69, 9.17) is 4.74 Å². The third-order valence-electron chi connectivity index (χ3n) is 6.10. The van der Waals surface area contributed by atoms with Crippen LogP contribution in [0.2, 0.25) is 0 Å². The molecule has 1 amide bonds. The number of fused-ring (bicyclic) bond motifs is 1. The van der Waals surface area contributed by atoms with Gasteiger partial charge in [-0.15, -0.1) is 0 Å². The van der Waals surface area contributed by atoms with Crippen LogP contribution in [0.25, 0.3) is 22.2 Å². The van der Waals surface area contributed by atoms with Crippen LogP contribution in [0.4, 0.5) is 24.8 Å². The summed E-state index contributed by atoms with van der Waals surface area (Å²) in [4.78, 5) is 34.5. The summed E-state index contributed by atoms with van der Waals surface area (Å²) in [5.74, 6) is 0.0550. The monoisotopic (exact) mass is 563 g/mol. The number of amides is 1. The number of hydrogen-bond acceptors (Lipinski definition) is 7. The van der Waals surface area contributed by atoms with Gasteiger partial charge in [0.1, 0.15) is 34.1 Å². The van der Waals surface area contributed by atoms with Gasteiger partial charge in [0.15, 0.2) is 11.5 Å². The van der Waals surface area contributed by atoms with E-state index in [1.54, 1.807) is 36.9 Å². The highest BCUT2D eigenvalue weighted by Gasteiger charge is 2.19. The van der Waals surface area contributed by atoms with Crippen LogP contribution < -0.4 is 20.8 Å². The minimum absolute atomic E-state index is 0.114. The van der Waals surface area contributed by atoms with E-state index in [2.05, 4.69) is 30.8 Å². The number of rotatable bonds is 9. The Labute approximate surface area is 231 Å². The van der Waals surface area contributed by atoms with Crippen molar-refractivity contribution in [2.24, 2.45) is 7.05 Å². The van der Waals surface area contributed by atoms with Crippen molar-refractivity contribution in [2.45, 2.75) is 25.8 Å². The van der Waals surface area contributed by atoms with Crippen LogP contribution in [0, 0.1) is 5.82 Å². The Bertz CT molecular complexity index is 1750. The van der Waals surface area contributed by atoms with Gasteiger partial charge in [0, 0.05) is 49.7 Å². The summed E-state index contributed by atoms with van der Waals surface area (Å²) in [5, 5.41) is 12.9. The number of benzene rings is 1. The number of carbonyl (C=O) groups excluding carboxylic acids is 1. The molecule has 41 heavy (non-hydrogen) atoms. The van der Waals surface area contributed by atoms with Gasteiger partial charge >= 0.3 is 0 Å². The highest BCUT2D eigenvalue weighted by Crippen LogP contribution is 2.33. The highest BCUT2D eigenvalue weighted by molar-refractivity contribution is 6.04. The summed E-state index contributed by atoms with van der Waals surface area (Å²) in [7, 11) is 1.67. The van der Waals surface area contributed by atoms with Gasteiger partial charge in [-0.05, 0) is 36.8 Å². The van der Waals surface area contributed by atoms with E-state index in [0.717, 1.165) is 0 Å². The lowest BCUT2D eigenvalue weighted by molar-refractivity contribution is 0.102. The Morgan fingerprint density at radius 1 is 1.10 bits per heavy atom. The maximum atomic E-state index is 13.3. The molecular formula is C28H24F3N7O3. The topological polar surface area (TPSA) is 127 Å². The van der Waals surface area contributed by atoms with E-state index in [-0.39, 0.29) is 23.4 Å². The number of aryl methyl sites for hydroxylation is 1. The predicted octanol–water partition coefficient (Wildman–Crippen LogP) is 5.36. The van der Waals surface area contributed by atoms with Crippen molar-refractivity contribution in [2.75, 3.05) is 10.6 Å². The van der Waals surface area contributed by atoms with Gasteiger partial charge in [0.05, 0.1) is 6.20 Å². The molecular weight excluding hydrogens is 539 g/mol. The molecule has 0 saturated carbocycles. The Hall–Kier alpha value is -5.20. The Morgan fingerprint density at radius 3 is 2.59 bits per heavy atom. The molecule has 1 aromatic carbocycles. The first-order chi connectivity index (χ1) is 19.7. The molecule has 13 heteroatoms. The smallest absolute Gasteiger partial charge is 0.262 e. The molecule has 5 rings (SSSR count). The number of halogens is 3. The number of aromatic amines is 1. The number of alkyl halides is 2. The summed E-state index contributed by atoms with van der Waals surface area (Å²) < 4.78 is 46.4. The second-order valence-electron chi connectivity index (χ2n) is 9.30. The lowest BCUT2D eigenvalue weighted by Gasteiger charge is -2.14. The standard InChI is InChI=1S/C28H24F3N7O3/c1-15(11-22(30)31)34-27-24-21(9-10-32-26(24)36-37-27)41-18-7-8-23(33-12-18)35-28(40)20-14-38(2)13-19(25(20)39)16-3-5-17(29)6-4-16/h3-10,12-15,22H,11H2,1-2H3,(H,33,35,40)(H2,32,34,36,37). The van der Waals surface area contributed by atoms with Crippen LogP contribution in [0.5, 0.6) is 11.5 Å². The maximum absolute atomic E-state index is 13.3. The van der Waals surface area contributed by atoms with Crippen molar-refractivity contribution in [3.05, 3.63) is 88.9 Å². The van der Waals surface area contributed by atoms with Gasteiger partial charge in [0.25, 0.3) is 5.91 Å². The van der Waals surface area contributed by atoms with Gasteiger partial charge in [-0.2, -0.15) is 5.10 Å². The van der Waals surface area contributed by atoms with Crippen LogP contribution in [-0.2, 0) is 7.05 Å². The molecule has 10 nitrogen and oxygen atoms in total. The molecule has 0 spiro atoms. The number of hydrogen-bond donors (Lipinski definition) is 3. The first-order valence-electron chi connectivity index (χ1n) is 12.5. The first-order valence-corrected chi connectivity index (χ1v) is 12.5. The van der Waals surface area contributed by atoms with Crippen LogP contribution in [-0.4, -0.2) is 43.1 Å². The Kier molecular flexibility index (Phi) is 7.68. The molecule has 1 unspecified atom stereocenters. The van der Waals surface area contributed by atoms with Crippen LogP contribution in [0.15, 0.2) is 72.0 Å². The molecule has 210 valence electrons. The van der Waals surface area contributed by atoms with Crippen molar-refractivity contribution in [3.63, 3.8) is 0 Å². The van der Waals surface area contributed by atoms with Crippen molar-refractivity contribution in [1.29, 1.82) is 0 Å². The van der Waals surface area contributed by atoms with Gasteiger partial charge < -0.3 is 19.9 Å². The van der Waals surface area contributed by atoms with E-state index in [0.29, 0.717) is 33.9 Å². The third kappa shape index (κ3) is 6.19. The van der Waals surface area contributed by atoms with E-state index in [1.807, 2.05) is 0 Å². The predicted molar refractivity (Wildman–Crippen MR) is 147 cm³/mol. The van der Waals surface area contributed by atoms with Gasteiger partial charge in [-0.25, -0.2) is 23.1 Å². The molecule has 4 heterocycles. The molecule has 0 aliphatic carbocycles. The summed E-state index contributed by atoms with van der Waals surface area (Å²) in [6, 6.07) is 9.53. The molecule has 0 aliphatic rings. The fourth-order valence-electron chi connectivity index (χ4n) is 4.20. The second-order valence-corrected chi connectivity index (χ2v) is 9.30. The number of H-pyrrole nitrogens is 1. The molecule has 1 atom stereocenters. The molecule has 0 aliphatic heterocycles.